The molecule has 3 nitrogen and oxygen atoms in total. The molecule has 8 heteroatoms. The average molecular weight is 323 g/mol. The quantitative estimate of drug-likeness (QED) is 0.801. The minimum Gasteiger partial charge on any atom is -0.284 e. The van der Waals surface area contributed by atoms with Gasteiger partial charge in [0.05, 0.1) is 18.3 Å². The van der Waals surface area contributed by atoms with E-state index in [1.54, 1.807) is 18.2 Å². The lowest BCUT2D eigenvalue weighted by atomic mass is 10.2. The number of carbonyl (C=O) groups is 1. The number of ketones is 1. The van der Waals surface area contributed by atoms with Crippen LogP contribution < -0.4 is 0 Å². The third-order valence-corrected chi connectivity index (χ3v) is 3.24. The van der Waals surface area contributed by atoms with Crippen molar-refractivity contribution in [3.05, 3.63) is 51.8 Å². The highest BCUT2D eigenvalue weighted by Crippen LogP contribution is 2.25. The molecule has 1 heterocycles. The Bertz CT molecular complexity index is 632. The molecule has 0 N–H and O–H groups in total. The maximum absolute atomic E-state index is 12.3. The van der Waals surface area contributed by atoms with E-state index in [1.165, 1.54) is 4.68 Å². The van der Waals surface area contributed by atoms with Gasteiger partial charge in [0.2, 0.25) is 0 Å². The molecular weight excluding hydrogens is 316 g/mol. The fraction of sp³-hybridized carbons (Fsp3) is 0.167. The molecule has 0 unspecified atom stereocenters. The molecule has 0 radical (unpaired) electrons. The second-order valence-corrected chi connectivity index (χ2v) is 4.77. The van der Waals surface area contributed by atoms with Crippen LogP contribution in [0.1, 0.15) is 15.9 Å². The topological polar surface area (TPSA) is 34.9 Å². The standard InChI is InChI=1S/C12H7Cl2F3N2O/c13-9-2-1-3-10(14)8(9)6-19-5-7(4-18-19)11(20)12(15,16)17/h1-5H,6H2. The lowest BCUT2D eigenvalue weighted by Gasteiger charge is -2.06. The van der Waals surface area contributed by atoms with Crippen molar-refractivity contribution in [2.75, 3.05) is 0 Å². The Morgan fingerprint density at radius 2 is 1.85 bits per heavy atom. The Balaban J connectivity index is 2.25. The third-order valence-electron chi connectivity index (χ3n) is 2.53. The molecule has 2 aromatic rings. The van der Waals surface area contributed by atoms with Gasteiger partial charge in [0.15, 0.2) is 0 Å². The van der Waals surface area contributed by atoms with Crippen LogP contribution in [0.25, 0.3) is 0 Å². The second kappa shape index (κ2) is 5.46. The largest absolute Gasteiger partial charge is 0.454 e. The summed E-state index contributed by atoms with van der Waals surface area (Å²) in [5.74, 6) is -1.94. The fourth-order valence-corrected chi connectivity index (χ4v) is 2.09. The summed E-state index contributed by atoms with van der Waals surface area (Å²) in [4.78, 5) is 11.0. The zero-order valence-corrected chi connectivity index (χ0v) is 11.3. The first-order valence-corrected chi connectivity index (χ1v) is 6.11. The van der Waals surface area contributed by atoms with E-state index >= 15 is 0 Å². The van der Waals surface area contributed by atoms with Crippen LogP contribution in [-0.4, -0.2) is 21.7 Å². The van der Waals surface area contributed by atoms with Crippen LogP contribution in [0.2, 0.25) is 10.0 Å². The van der Waals surface area contributed by atoms with Crippen molar-refractivity contribution in [2.24, 2.45) is 0 Å². The number of rotatable bonds is 3. The number of benzene rings is 1. The van der Waals surface area contributed by atoms with Crippen LogP contribution in [0.5, 0.6) is 0 Å². The molecule has 0 amide bonds. The number of hydrogen-bond acceptors (Lipinski definition) is 2. The lowest BCUT2D eigenvalue weighted by molar-refractivity contribution is -0.0885. The van der Waals surface area contributed by atoms with E-state index in [0.717, 1.165) is 12.4 Å². The Labute approximate surface area is 121 Å². The normalized spacial score (nSPS) is 11.7. The van der Waals surface area contributed by atoms with E-state index in [0.29, 0.717) is 15.6 Å². The average Bonchev–Trinajstić information content (AvgIpc) is 2.80. The van der Waals surface area contributed by atoms with Gasteiger partial charge in [0.1, 0.15) is 0 Å². The smallest absolute Gasteiger partial charge is 0.284 e. The molecule has 0 aliphatic heterocycles. The molecule has 0 aliphatic carbocycles. The van der Waals surface area contributed by atoms with E-state index < -0.39 is 17.5 Å². The van der Waals surface area contributed by atoms with Crippen LogP contribution in [0.4, 0.5) is 13.2 Å². The van der Waals surface area contributed by atoms with Gasteiger partial charge in [-0.2, -0.15) is 18.3 Å². The van der Waals surface area contributed by atoms with E-state index in [2.05, 4.69) is 5.10 Å². The third kappa shape index (κ3) is 3.13. The van der Waals surface area contributed by atoms with Gasteiger partial charge in [-0.05, 0) is 12.1 Å². The van der Waals surface area contributed by atoms with E-state index in [-0.39, 0.29) is 6.54 Å². The maximum Gasteiger partial charge on any atom is 0.454 e. The van der Waals surface area contributed by atoms with Crippen molar-refractivity contribution < 1.29 is 18.0 Å². The number of carbonyl (C=O) groups excluding carboxylic acids is 1. The van der Waals surface area contributed by atoms with Gasteiger partial charge in [0.25, 0.3) is 5.78 Å². The summed E-state index contributed by atoms with van der Waals surface area (Å²) in [5.41, 5.74) is -0.00869. The first-order chi connectivity index (χ1) is 9.29. The first kappa shape index (κ1) is 14.9. The minimum absolute atomic E-state index is 0.0731. The van der Waals surface area contributed by atoms with Gasteiger partial charge in [-0.15, -0.1) is 0 Å². The van der Waals surface area contributed by atoms with Crippen LogP contribution >= 0.6 is 23.2 Å². The molecule has 0 saturated carbocycles. The summed E-state index contributed by atoms with van der Waals surface area (Å²) in [7, 11) is 0. The molecule has 0 fully saturated rings. The van der Waals surface area contributed by atoms with Gasteiger partial charge in [-0.25, -0.2) is 0 Å². The molecule has 0 atom stereocenters. The maximum atomic E-state index is 12.3. The summed E-state index contributed by atoms with van der Waals surface area (Å²) < 4.78 is 38.0. The highest BCUT2D eigenvalue weighted by molar-refractivity contribution is 6.35. The van der Waals surface area contributed by atoms with Crippen molar-refractivity contribution >= 4 is 29.0 Å². The van der Waals surface area contributed by atoms with Crippen LogP contribution in [0.15, 0.2) is 30.6 Å². The highest BCUT2D eigenvalue weighted by atomic mass is 35.5. The SMILES string of the molecule is O=C(c1cnn(Cc2c(Cl)cccc2Cl)c1)C(F)(F)F. The highest BCUT2D eigenvalue weighted by Gasteiger charge is 2.39. The zero-order chi connectivity index (χ0) is 14.9. The number of aromatic nitrogens is 2. The zero-order valence-electron chi connectivity index (χ0n) is 9.79. The van der Waals surface area contributed by atoms with Gasteiger partial charge in [-0.3, -0.25) is 9.48 Å². The second-order valence-electron chi connectivity index (χ2n) is 3.95. The molecule has 1 aromatic carbocycles. The van der Waals surface area contributed by atoms with Crippen molar-refractivity contribution in [2.45, 2.75) is 12.7 Å². The summed E-state index contributed by atoms with van der Waals surface area (Å²) >= 11 is 11.9. The Hall–Kier alpha value is -1.53. The van der Waals surface area contributed by atoms with Crippen LogP contribution in [0.3, 0.4) is 0 Å². The molecule has 0 aliphatic rings. The van der Waals surface area contributed by atoms with Gasteiger partial charge in [0, 0.05) is 21.8 Å². The van der Waals surface area contributed by atoms with E-state index in [9.17, 15) is 18.0 Å². The molecule has 2 rings (SSSR count). The van der Waals surface area contributed by atoms with Crippen LogP contribution in [-0.2, 0) is 6.54 Å². The summed E-state index contributed by atoms with van der Waals surface area (Å²) in [6.45, 7) is 0.0731. The Kier molecular flexibility index (Phi) is 4.06. The molecule has 106 valence electrons. The number of alkyl halides is 3. The van der Waals surface area contributed by atoms with Gasteiger partial charge in [-0.1, -0.05) is 29.3 Å². The Morgan fingerprint density at radius 1 is 1.25 bits per heavy atom. The summed E-state index contributed by atoms with van der Waals surface area (Å²) in [6.07, 6.45) is -3.05. The van der Waals surface area contributed by atoms with Gasteiger partial charge < -0.3 is 0 Å². The minimum atomic E-state index is -4.92. The van der Waals surface area contributed by atoms with E-state index in [1.807, 2.05) is 0 Å². The molecule has 0 spiro atoms. The summed E-state index contributed by atoms with van der Waals surface area (Å²) in [6, 6.07) is 4.86. The van der Waals surface area contributed by atoms with Crippen molar-refractivity contribution in [1.82, 2.24) is 9.78 Å². The fourth-order valence-electron chi connectivity index (χ4n) is 1.58. The summed E-state index contributed by atoms with van der Waals surface area (Å²) in [5, 5.41) is 4.45. The molecular formula is C12H7Cl2F3N2O. The Morgan fingerprint density at radius 3 is 2.40 bits per heavy atom. The van der Waals surface area contributed by atoms with Crippen molar-refractivity contribution in [3.8, 4) is 0 Å². The molecule has 20 heavy (non-hydrogen) atoms. The van der Waals surface area contributed by atoms with Gasteiger partial charge >= 0.3 is 6.18 Å². The number of nitrogens with zero attached hydrogens (tertiary/aromatic N) is 2. The molecule has 1 aromatic heterocycles. The van der Waals surface area contributed by atoms with Crippen LogP contribution in [0, 0.1) is 0 Å². The predicted octanol–water partition coefficient (Wildman–Crippen LogP) is 3.98. The molecule has 0 bridgehead atoms. The molecule has 0 saturated heterocycles. The van der Waals surface area contributed by atoms with E-state index in [4.69, 9.17) is 23.2 Å². The number of Topliss-reactive ketones (excluding diaryl/α,β-unsaturated/α-hetero) is 1. The predicted molar refractivity (Wildman–Crippen MR) is 68.2 cm³/mol. The van der Waals surface area contributed by atoms with Crippen molar-refractivity contribution in [3.63, 3.8) is 0 Å². The monoisotopic (exact) mass is 322 g/mol. The number of halogens is 5. The number of hydrogen-bond donors (Lipinski definition) is 0. The first-order valence-electron chi connectivity index (χ1n) is 5.36. The van der Waals surface area contributed by atoms with Crippen molar-refractivity contribution in [1.29, 1.82) is 0 Å². The lowest BCUT2D eigenvalue weighted by Crippen LogP contribution is -2.22.